The molecule has 1 aromatic heterocycles. The van der Waals surface area contributed by atoms with E-state index >= 15 is 0 Å². The number of anilines is 1. The number of aromatic nitrogens is 1. The van der Waals surface area contributed by atoms with E-state index in [1.54, 1.807) is 12.1 Å². The van der Waals surface area contributed by atoms with Crippen LogP contribution in [0.25, 0.3) is 0 Å². The van der Waals surface area contributed by atoms with Crippen molar-refractivity contribution in [2.24, 2.45) is 5.92 Å². The molecule has 106 valence electrons. The molecule has 0 atom stereocenters. The van der Waals surface area contributed by atoms with Gasteiger partial charge in [-0.3, -0.25) is 4.79 Å². The minimum absolute atomic E-state index is 0.0810. The van der Waals surface area contributed by atoms with Crippen LogP contribution in [0.2, 0.25) is 0 Å². The monoisotopic (exact) mass is 282 g/mol. The number of carboxylic acid groups (broad SMARTS) is 1. The lowest BCUT2D eigenvalue weighted by atomic mass is 10.1. The number of carbonyl (C=O) groups excluding carboxylic acids is 1. The highest BCUT2D eigenvalue weighted by atomic mass is 16.4. The molecule has 3 rings (SSSR count). The largest absolute Gasteiger partial charge is 0.477 e. The molecule has 0 fully saturated rings. The third-order valence-corrected chi connectivity index (χ3v) is 3.64. The molecule has 0 bridgehead atoms. The molecule has 1 amide bonds. The quantitative estimate of drug-likeness (QED) is 0.904. The molecule has 1 heterocycles. The Kier molecular flexibility index (Phi) is 3.39. The summed E-state index contributed by atoms with van der Waals surface area (Å²) in [6.07, 6.45) is 1.42. The van der Waals surface area contributed by atoms with E-state index in [1.807, 2.05) is 24.3 Å². The third-order valence-electron chi connectivity index (χ3n) is 3.64. The van der Waals surface area contributed by atoms with E-state index in [0.29, 0.717) is 12.8 Å². The Balaban J connectivity index is 1.71. The second-order valence-electron chi connectivity index (χ2n) is 5.08. The highest BCUT2D eigenvalue weighted by molar-refractivity contribution is 5.93. The Morgan fingerprint density at radius 2 is 1.71 bits per heavy atom. The van der Waals surface area contributed by atoms with Crippen LogP contribution in [-0.4, -0.2) is 22.0 Å². The topological polar surface area (TPSA) is 79.3 Å². The maximum Gasteiger partial charge on any atom is 0.354 e. The van der Waals surface area contributed by atoms with Crippen molar-refractivity contribution >= 4 is 17.7 Å². The molecule has 2 N–H and O–H groups in total. The number of hydrogen-bond donors (Lipinski definition) is 2. The van der Waals surface area contributed by atoms with E-state index in [1.165, 1.54) is 17.2 Å². The second kappa shape index (κ2) is 5.36. The molecule has 5 heteroatoms. The van der Waals surface area contributed by atoms with Crippen LogP contribution in [0, 0.1) is 5.92 Å². The van der Waals surface area contributed by atoms with Crippen LogP contribution in [0.5, 0.6) is 0 Å². The SMILES string of the molecule is O=C(O)c1cccc(NC(=O)C2Cc3ccccc3C2)n1. The molecule has 0 radical (unpaired) electrons. The number of rotatable bonds is 3. The summed E-state index contributed by atoms with van der Waals surface area (Å²) in [5, 5.41) is 11.6. The zero-order valence-electron chi connectivity index (χ0n) is 11.2. The van der Waals surface area contributed by atoms with Gasteiger partial charge in [0.2, 0.25) is 5.91 Å². The van der Waals surface area contributed by atoms with Crippen molar-refractivity contribution in [2.75, 3.05) is 5.32 Å². The molecular formula is C16H14N2O3. The van der Waals surface area contributed by atoms with E-state index in [-0.39, 0.29) is 23.3 Å². The van der Waals surface area contributed by atoms with Crippen molar-refractivity contribution in [3.8, 4) is 0 Å². The van der Waals surface area contributed by atoms with Crippen molar-refractivity contribution in [1.29, 1.82) is 0 Å². The fourth-order valence-electron chi connectivity index (χ4n) is 2.60. The maximum absolute atomic E-state index is 12.3. The third kappa shape index (κ3) is 2.76. The van der Waals surface area contributed by atoms with Crippen molar-refractivity contribution < 1.29 is 14.7 Å². The summed E-state index contributed by atoms with van der Waals surface area (Å²) in [6.45, 7) is 0. The van der Waals surface area contributed by atoms with E-state index in [0.717, 1.165) is 0 Å². The molecule has 0 saturated carbocycles. The minimum Gasteiger partial charge on any atom is -0.477 e. The fourth-order valence-corrected chi connectivity index (χ4v) is 2.60. The summed E-state index contributed by atoms with van der Waals surface area (Å²) in [4.78, 5) is 27.0. The van der Waals surface area contributed by atoms with Crippen LogP contribution in [0.4, 0.5) is 5.82 Å². The number of carbonyl (C=O) groups is 2. The summed E-state index contributed by atoms with van der Waals surface area (Å²) < 4.78 is 0. The first-order chi connectivity index (χ1) is 10.1. The lowest BCUT2D eigenvalue weighted by Gasteiger charge is -2.10. The van der Waals surface area contributed by atoms with E-state index in [4.69, 9.17) is 5.11 Å². The number of aromatic carboxylic acids is 1. The lowest BCUT2D eigenvalue weighted by Crippen LogP contribution is -2.24. The summed E-state index contributed by atoms with van der Waals surface area (Å²) in [5.41, 5.74) is 2.32. The Morgan fingerprint density at radius 1 is 1.05 bits per heavy atom. The molecule has 0 aliphatic heterocycles. The Morgan fingerprint density at radius 3 is 2.33 bits per heavy atom. The van der Waals surface area contributed by atoms with Gasteiger partial charge in [0.05, 0.1) is 0 Å². The molecule has 1 aliphatic rings. The zero-order valence-corrected chi connectivity index (χ0v) is 11.2. The number of nitrogens with one attached hydrogen (secondary N) is 1. The number of pyridine rings is 1. The Bertz CT molecular complexity index is 687. The van der Waals surface area contributed by atoms with E-state index < -0.39 is 5.97 Å². The predicted octanol–water partition coefficient (Wildman–Crippen LogP) is 2.13. The van der Waals surface area contributed by atoms with Crippen LogP contribution in [0.1, 0.15) is 21.6 Å². The summed E-state index contributed by atoms with van der Waals surface area (Å²) >= 11 is 0. The van der Waals surface area contributed by atoms with Crippen LogP contribution < -0.4 is 5.32 Å². The smallest absolute Gasteiger partial charge is 0.354 e. The number of fused-ring (bicyclic) bond motifs is 1. The van der Waals surface area contributed by atoms with Gasteiger partial charge in [-0.05, 0) is 36.1 Å². The zero-order chi connectivity index (χ0) is 14.8. The number of carboxylic acids is 1. The summed E-state index contributed by atoms with van der Waals surface area (Å²) in [6, 6.07) is 12.6. The van der Waals surface area contributed by atoms with Gasteiger partial charge in [-0.15, -0.1) is 0 Å². The first-order valence-electron chi connectivity index (χ1n) is 6.71. The second-order valence-corrected chi connectivity index (χ2v) is 5.08. The van der Waals surface area contributed by atoms with Gasteiger partial charge in [-0.2, -0.15) is 0 Å². The average molecular weight is 282 g/mol. The minimum atomic E-state index is -1.11. The van der Waals surface area contributed by atoms with Gasteiger partial charge in [-0.1, -0.05) is 30.3 Å². The molecule has 0 spiro atoms. The summed E-state index contributed by atoms with van der Waals surface area (Å²) in [5.74, 6) is -1.09. The molecule has 0 saturated heterocycles. The normalized spacial score (nSPS) is 13.7. The van der Waals surface area contributed by atoms with Gasteiger partial charge in [0, 0.05) is 5.92 Å². The van der Waals surface area contributed by atoms with Gasteiger partial charge in [0.1, 0.15) is 5.82 Å². The molecule has 5 nitrogen and oxygen atoms in total. The fraction of sp³-hybridized carbons (Fsp3) is 0.188. The van der Waals surface area contributed by atoms with Crippen molar-refractivity contribution in [3.63, 3.8) is 0 Å². The highest BCUT2D eigenvalue weighted by Gasteiger charge is 2.27. The van der Waals surface area contributed by atoms with Gasteiger partial charge >= 0.3 is 5.97 Å². The van der Waals surface area contributed by atoms with Gasteiger partial charge in [0.15, 0.2) is 5.69 Å². The first kappa shape index (κ1) is 13.3. The molecule has 21 heavy (non-hydrogen) atoms. The van der Waals surface area contributed by atoms with Gasteiger partial charge in [0.25, 0.3) is 0 Å². The Labute approximate surface area is 121 Å². The molecule has 1 aromatic carbocycles. The van der Waals surface area contributed by atoms with E-state index in [9.17, 15) is 9.59 Å². The number of nitrogens with zero attached hydrogens (tertiary/aromatic N) is 1. The Hall–Kier alpha value is -2.69. The molecular weight excluding hydrogens is 268 g/mol. The van der Waals surface area contributed by atoms with Crippen molar-refractivity contribution in [3.05, 3.63) is 59.3 Å². The van der Waals surface area contributed by atoms with Crippen LogP contribution in [-0.2, 0) is 17.6 Å². The predicted molar refractivity (Wildman–Crippen MR) is 77.2 cm³/mol. The van der Waals surface area contributed by atoms with Crippen LogP contribution in [0.15, 0.2) is 42.5 Å². The van der Waals surface area contributed by atoms with Crippen molar-refractivity contribution in [1.82, 2.24) is 4.98 Å². The first-order valence-corrected chi connectivity index (χ1v) is 6.71. The molecule has 1 aliphatic carbocycles. The number of benzene rings is 1. The van der Waals surface area contributed by atoms with E-state index in [2.05, 4.69) is 10.3 Å². The lowest BCUT2D eigenvalue weighted by molar-refractivity contribution is -0.119. The summed E-state index contributed by atoms with van der Waals surface area (Å²) in [7, 11) is 0. The molecule has 2 aromatic rings. The highest BCUT2D eigenvalue weighted by Crippen LogP contribution is 2.27. The van der Waals surface area contributed by atoms with Gasteiger partial charge in [-0.25, -0.2) is 9.78 Å². The van der Waals surface area contributed by atoms with Crippen LogP contribution in [0.3, 0.4) is 0 Å². The molecule has 0 unspecified atom stereocenters. The van der Waals surface area contributed by atoms with Gasteiger partial charge < -0.3 is 10.4 Å². The maximum atomic E-state index is 12.3. The number of amides is 1. The average Bonchev–Trinajstić information content (AvgIpc) is 2.91. The van der Waals surface area contributed by atoms with Crippen LogP contribution >= 0.6 is 0 Å². The standard InChI is InChI=1S/C16H14N2O3/c19-15(12-8-10-4-1-2-5-11(10)9-12)18-14-7-3-6-13(17-14)16(20)21/h1-7,12H,8-9H2,(H,20,21)(H,17,18,19). The number of hydrogen-bond acceptors (Lipinski definition) is 3. The van der Waals surface area contributed by atoms with Crippen molar-refractivity contribution in [2.45, 2.75) is 12.8 Å².